The van der Waals surface area contributed by atoms with Crippen LogP contribution >= 0.6 is 0 Å². The van der Waals surface area contributed by atoms with Crippen molar-refractivity contribution in [2.24, 2.45) is 0 Å². The molecule has 0 bridgehead atoms. The van der Waals surface area contributed by atoms with Crippen molar-refractivity contribution in [3.05, 3.63) is 53.6 Å². The second-order valence-electron chi connectivity index (χ2n) is 4.46. The monoisotopic (exact) mass is 276 g/mol. The number of nitrogens with two attached hydrogens (primary N) is 1. The van der Waals surface area contributed by atoms with E-state index >= 15 is 0 Å². The van der Waals surface area contributed by atoms with E-state index in [0.717, 1.165) is 0 Å². The minimum absolute atomic E-state index is 0.283. The average Bonchev–Trinajstić information content (AvgIpc) is 2.27. The molecule has 2 rings (SSSR count). The molecule has 0 fully saturated rings. The maximum atomic E-state index is 12.4. The van der Waals surface area contributed by atoms with Crippen molar-refractivity contribution in [2.45, 2.75) is 18.7 Å². The second-order valence-corrected chi connectivity index (χ2v) is 6.07. The fraction of sp³-hybridized carbons (Fsp3) is 0.143. The fourth-order valence-corrected chi connectivity index (χ4v) is 3.63. The number of sulfonamides is 1. The summed E-state index contributed by atoms with van der Waals surface area (Å²) < 4.78 is 27.4. The highest BCUT2D eigenvalue weighted by Gasteiger charge is 2.19. The number of anilines is 2. The minimum atomic E-state index is -3.60. The van der Waals surface area contributed by atoms with Crippen LogP contribution in [-0.4, -0.2) is 8.42 Å². The number of hydrogen-bond donors (Lipinski definition) is 2. The smallest absolute Gasteiger partial charge is 0.262 e. The van der Waals surface area contributed by atoms with Crippen LogP contribution < -0.4 is 10.5 Å². The van der Waals surface area contributed by atoms with Gasteiger partial charge < -0.3 is 5.73 Å². The van der Waals surface area contributed by atoms with Gasteiger partial charge in [-0.2, -0.15) is 0 Å². The summed E-state index contributed by atoms with van der Waals surface area (Å²) in [5.41, 5.74) is 8.09. The Bertz CT molecular complexity index is 672. The van der Waals surface area contributed by atoms with Crippen LogP contribution in [0, 0.1) is 13.8 Å². The lowest BCUT2D eigenvalue weighted by Crippen LogP contribution is -2.16. The van der Waals surface area contributed by atoms with Crippen molar-refractivity contribution in [1.29, 1.82) is 0 Å². The lowest BCUT2D eigenvalue weighted by molar-refractivity contribution is 0.600. The molecule has 100 valence electrons. The lowest BCUT2D eigenvalue weighted by atomic mass is 10.1. The molecule has 0 unspecified atom stereocenters. The van der Waals surface area contributed by atoms with E-state index in [9.17, 15) is 8.42 Å². The summed E-state index contributed by atoms with van der Waals surface area (Å²) in [6.45, 7) is 3.48. The molecule has 0 aliphatic heterocycles. The molecule has 0 saturated heterocycles. The number of para-hydroxylation sites is 1. The number of hydrogen-bond acceptors (Lipinski definition) is 3. The predicted molar refractivity (Wildman–Crippen MR) is 77.6 cm³/mol. The van der Waals surface area contributed by atoms with Crippen LogP contribution in [0.4, 0.5) is 11.4 Å². The van der Waals surface area contributed by atoms with E-state index in [1.165, 1.54) is 0 Å². The van der Waals surface area contributed by atoms with Gasteiger partial charge in [0.25, 0.3) is 10.0 Å². The molecule has 0 saturated carbocycles. The molecule has 0 radical (unpaired) electrons. The van der Waals surface area contributed by atoms with Crippen LogP contribution in [-0.2, 0) is 10.0 Å². The highest BCUT2D eigenvalue weighted by atomic mass is 32.2. The first-order valence-electron chi connectivity index (χ1n) is 5.85. The molecule has 2 aromatic carbocycles. The predicted octanol–water partition coefficient (Wildman–Crippen LogP) is 2.69. The zero-order valence-electron chi connectivity index (χ0n) is 10.8. The molecule has 0 spiro atoms. The van der Waals surface area contributed by atoms with E-state index in [2.05, 4.69) is 4.72 Å². The largest absolute Gasteiger partial charge is 0.399 e. The zero-order valence-corrected chi connectivity index (χ0v) is 11.7. The Balaban J connectivity index is 2.46. The highest BCUT2D eigenvalue weighted by molar-refractivity contribution is 7.92. The van der Waals surface area contributed by atoms with Gasteiger partial charge in [0.05, 0.1) is 4.90 Å². The van der Waals surface area contributed by atoms with Gasteiger partial charge in [0.15, 0.2) is 0 Å². The maximum absolute atomic E-state index is 12.4. The number of rotatable bonds is 3. The summed E-state index contributed by atoms with van der Waals surface area (Å²) in [6, 6.07) is 12.1. The normalized spacial score (nSPS) is 11.3. The number of benzene rings is 2. The first-order chi connectivity index (χ1) is 8.90. The number of aryl methyl sites for hydroxylation is 2. The van der Waals surface area contributed by atoms with E-state index < -0.39 is 10.0 Å². The summed E-state index contributed by atoms with van der Waals surface area (Å²) in [6.07, 6.45) is 0. The molecule has 2 aromatic rings. The van der Waals surface area contributed by atoms with Crippen molar-refractivity contribution >= 4 is 21.4 Å². The van der Waals surface area contributed by atoms with Crippen LogP contribution in [0.15, 0.2) is 47.4 Å². The topological polar surface area (TPSA) is 72.2 Å². The van der Waals surface area contributed by atoms with Crippen molar-refractivity contribution in [1.82, 2.24) is 0 Å². The molecule has 0 aliphatic rings. The molecule has 0 heterocycles. The summed E-state index contributed by atoms with van der Waals surface area (Å²) in [5.74, 6) is 0. The first kappa shape index (κ1) is 13.4. The maximum Gasteiger partial charge on any atom is 0.262 e. The van der Waals surface area contributed by atoms with Gasteiger partial charge in [-0.05, 0) is 49.2 Å². The van der Waals surface area contributed by atoms with Gasteiger partial charge in [-0.25, -0.2) is 8.42 Å². The van der Waals surface area contributed by atoms with Crippen molar-refractivity contribution < 1.29 is 8.42 Å². The van der Waals surface area contributed by atoms with Crippen LogP contribution in [0.5, 0.6) is 0 Å². The van der Waals surface area contributed by atoms with Gasteiger partial charge in [0.2, 0.25) is 0 Å². The van der Waals surface area contributed by atoms with Gasteiger partial charge in [0.1, 0.15) is 0 Å². The Morgan fingerprint density at radius 1 is 1.00 bits per heavy atom. The number of nitrogen functional groups attached to an aromatic ring is 1. The van der Waals surface area contributed by atoms with Gasteiger partial charge >= 0.3 is 0 Å². The molecule has 0 amide bonds. The van der Waals surface area contributed by atoms with Crippen molar-refractivity contribution in [3.8, 4) is 0 Å². The van der Waals surface area contributed by atoms with E-state index in [-0.39, 0.29) is 4.90 Å². The summed E-state index contributed by atoms with van der Waals surface area (Å²) in [4.78, 5) is 0.283. The van der Waals surface area contributed by atoms with Crippen molar-refractivity contribution in [2.75, 3.05) is 10.5 Å². The lowest BCUT2D eigenvalue weighted by Gasteiger charge is -2.13. The third kappa shape index (κ3) is 2.88. The van der Waals surface area contributed by atoms with E-state index in [1.807, 2.05) is 6.07 Å². The Morgan fingerprint density at radius 3 is 2.05 bits per heavy atom. The molecule has 0 atom stereocenters. The SMILES string of the molecule is Cc1cc(N)cc(C)c1S(=O)(=O)Nc1ccccc1. The third-order valence-electron chi connectivity index (χ3n) is 2.78. The first-order valence-corrected chi connectivity index (χ1v) is 7.33. The van der Waals surface area contributed by atoms with Crippen LogP contribution in [0.3, 0.4) is 0 Å². The van der Waals surface area contributed by atoms with E-state index in [0.29, 0.717) is 22.5 Å². The molecular weight excluding hydrogens is 260 g/mol. The van der Waals surface area contributed by atoms with E-state index in [1.54, 1.807) is 50.2 Å². The Hall–Kier alpha value is -2.01. The minimum Gasteiger partial charge on any atom is -0.399 e. The van der Waals surface area contributed by atoms with E-state index in [4.69, 9.17) is 5.73 Å². The standard InChI is InChI=1S/C14H16N2O2S/c1-10-8-12(15)9-11(2)14(10)19(17,18)16-13-6-4-3-5-7-13/h3-9,16H,15H2,1-2H3. The van der Waals surface area contributed by atoms with Gasteiger partial charge in [0, 0.05) is 11.4 Å². The Labute approximate surface area is 113 Å². The zero-order chi connectivity index (χ0) is 14.0. The molecule has 19 heavy (non-hydrogen) atoms. The van der Waals surface area contributed by atoms with Gasteiger partial charge in [-0.3, -0.25) is 4.72 Å². The summed E-state index contributed by atoms with van der Waals surface area (Å²) in [7, 11) is -3.60. The van der Waals surface area contributed by atoms with Crippen LogP contribution in [0.25, 0.3) is 0 Å². The molecule has 0 aromatic heterocycles. The van der Waals surface area contributed by atoms with Crippen LogP contribution in [0.1, 0.15) is 11.1 Å². The fourth-order valence-electron chi connectivity index (χ4n) is 2.12. The third-order valence-corrected chi connectivity index (χ3v) is 4.46. The summed E-state index contributed by atoms with van der Waals surface area (Å²) in [5, 5.41) is 0. The Morgan fingerprint density at radius 2 is 1.53 bits per heavy atom. The van der Waals surface area contributed by atoms with Gasteiger partial charge in [-0.15, -0.1) is 0 Å². The van der Waals surface area contributed by atoms with Gasteiger partial charge in [-0.1, -0.05) is 18.2 Å². The number of nitrogens with one attached hydrogen (secondary N) is 1. The second kappa shape index (κ2) is 4.93. The molecular formula is C14H16N2O2S. The highest BCUT2D eigenvalue weighted by Crippen LogP contribution is 2.25. The van der Waals surface area contributed by atoms with Crippen molar-refractivity contribution in [3.63, 3.8) is 0 Å². The Kier molecular flexibility index (Phi) is 3.48. The quantitative estimate of drug-likeness (QED) is 0.847. The summed E-state index contributed by atoms with van der Waals surface area (Å²) >= 11 is 0. The molecule has 4 nitrogen and oxygen atoms in total. The molecule has 0 aliphatic carbocycles. The average molecular weight is 276 g/mol. The molecule has 3 N–H and O–H groups in total. The molecule has 5 heteroatoms. The van der Waals surface area contributed by atoms with Crippen LogP contribution in [0.2, 0.25) is 0 Å².